The Hall–Kier alpha value is -1.53. The molecule has 0 aliphatic heterocycles. The molecule has 0 aromatic carbocycles. The van der Waals surface area contributed by atoms with Crippen molar-refractivity contribution in [1.82, 2.24) is 9.97 Å². The van der Waals surface area contributed by atoms with Gasteiger partial charge in [0.05, 0.1) is 0 Å². The quantitative estimate of drug-likeness (QED) is 0.836. The van der Waals surface area contributed by atoms with Crippen LogP contribution in [-0.2, 0) is 6.18 Å². The van der Waals surface area contributed by atoms with Gasteiger partial charge in [-0.05, 0) is 24.7 Å². The van der Waals surface area contributed by atoms with Crippen LogP contribution in [0.2, 0.25) is 0 Å². The van der Waals surface area contributed by atoms with Gasteiger partial charge in [0.1, 0.15) is 11.6 Å². The fourth-order valence-corrected chi connectivity index (χ4v) is 2.27. The van der Waals surface area contributed by atoms with Crippen LogP contribution in [0.3, 0.4) is 0 Å². The second kappa shape index (κ2) is 6.07. The van der Waals surface area contributed by atoms with Crippen LogP contribution in [0.4, 0.5) is 24.8 Å². The fraction of sp³-hybridized carbons (Fsp3) is 0.714. The monoisotopic (exact) mass is 302 g/mol. The lowest BCUT2D eigenvalue weighted by atomic mass is 9.70. The molecule has 0 bridgehead atoms. The lowest BCUT2D eigenvalue weighted by Gasteiger charge is -2.38. The Bertz CT molecular complexity index is 484. The molecule has 21 heavy (non-hydrogen) atoms. The van der Waals surface area contributed by atoms with Crippen LogP contribution in [0.1, 0.15) is 45.4 Å². The molecule has 1 aliphatic carbocycles. The van der Waals surface area contributed by atoms with Crippen molar-refractivity contribution in [1.29, 1.82) is 0 Å². The molecule has 1 fully saturated rings. The van der Waals surface area contributed by atoms with E-state index in [0.29, 0.717) is 13.1 Å². The van der Waals surface area contributed by atoms with Crippen LogP contribution in [-0.4, -0.2) is 23.1 Å². The van der Waals surface area contributed by atoms with Crippen molar-refractivity contribution >= 4 is 11.6 Å². The maximum absolute atomic E-state index is 12.8. The minimum Gasteiger partial charge on any atom is -0.370 e. The molecule has 2 N–H and O–H groups in total. The number of hydrogen-bond donors (Lipinski definition) is 2. The van der Waals surface area contributed by atoms with Crippen molar-refractivity contribution in [2.24, 2.45) is 5.41 Å². The highest BCUT2D eigenvalue weighted by atomic mass is 19.4. The molecule has 2 rings (SSSR count). The SMILES string of the molecule is CCCNc1cc(NCC2(C)CCC2)nc(C(F)(F)F)n1. The third-order valence-corrected chi connectivity index (χ3v) is 3.79. The summed E-state index contributed by atoms with van der Waals surface area (Å²) in [4.78, 5) is 7.12. The number of rotatable bonds is 6. The van der Waals surface area contributed by atoms with Gasteiger partial charge in [-0.1, -0.05) is 20.3 Å². The van der Waals surface area contributed by atoms with Gasteiger partial charge in [-0.15, -0.1) is 0 Å². The van der Waals surface area contributed by atoms with Crippen LogP contribution < -0.4 is 10.6 Å². The lowest BCUT2D eigenvalue weighted by molar-refractivity contribution is -0.144. The highest BCUT2D eigenvalue weighted by Crippen LogP contribution is 2.40. The van der Waals surface area contributed by atoms with Gasteiger partial charge in [-0.3, -0.25) is 0 Å². The van der Waals surface area contributed by atoms with Gasteiger partial charge < -0.3 is 10.6 Å². The van der Waals surface area contributed by atoms with Crippen LogP contribution in [0.15, 0.2) is 6.07 Å². The number of aromatic nitrogens is 2. The number of hydrogen-bond acceptors (Lipinski definition) is 4. The summed E-state index contributed by atoms with van der Waals surface area (Å²) in [5, 5.41) is 5.91. The molecule has 0 radical (unpaired) electrons. The van der Waals surface area contributed by atoms with Crippen molar-refractivity contribution in [3.8, 4) is 0 Å². The first-order valence-corrected chi connectivity index (χ1v) is 7.26. The first kappa shape index (κ1) is 15.9. The van der Waals surface area contributed by atoms with Gasteiger partial charge in [0.15, 0.2) is 0 Å². The minimum absolute atomic E-state index is 0.167. The van der Waals surface area contributed by atoms with Crippen LogP contribution >= 0.6 is 0 Å². The van der Waals surface area contributed by atoms with Crippen molar-refractivity contribution < 1.29 is 13.2 Å². The molecule has 0 amide bonds. The van der Waals surface area contributed by atoms with Crippen LogP contribution in [0.25, 0.3) is 0 Å². The normalized spacial score (nSPS) is 17.2. The fourth-order valence-electron chi connectivity index (χ4n) is 2.27. The molecule has 1 aliphatic rings. The third kappa shape index (κ3) is 4.22. The summed E-state index contributed by atoms with van der Waals surface area (Å²) in [7, 11) is 0. The number of halogens is 3. The summed E-state index contributed by atoms with van der Waals surface area (Å²) in [5.41, 5.74) is 0.167. The molecular weight excluding hydrogens is 281 g/mol. The van der Waals surface area contributed by atoms with E-state index < -0.39 is 12.0 Å². The van der Waals surface area contributed by atoms with E-state index in [0.717, 1.165) is 19.3 Å². The van der Waals surface area contributed by atoms with E-state index in [4.69, 9.17) is 0 Å². The molecule has 1 aromatic heterocycles. The van der Waals surface area contributed by atoms with Gasteiger partial charge in [0.2, 0.25) is 5.82 Å². The number of alkyl halides is 3. The smallest absolute Gasteiger partial charge is 0.370 e. The Morgan fingerprint density at radius 3 is 2.29 bits per heavy atom. The van der Waals surface area contributed by atoms with Crippen molar-refractivity contribution in [3.05, 3.63) is 11.9 Å². The molecule has 0 spiro atoms. The highest BCUT2D eigenvalue weighted by Gasteiger charge is 2.36. The molecule has 7 heteroatoms. The van der Waals surface area contributed by atoms with E-state index in [-0.39, 0.29) is 17.1 Å². The molecule has 0 unspecified atom stereocenters. The lowest BCUT2D eigenvalue weighted by Crippen LogP contribution is -2.33. The van der Waals surface area contributed by atoms with Crippen molar-refractivity contribution in [2.75, 3.05) is 23.7 Å². The minimum atomic E-state index is -4.54. The summed E-state index contributed by atoms with van der Waals surface area (Å²) in [5.74, 6) is -0.672. The van der Waals surface area contributed by atoms with E-state index in [9.17, 15) is 13.2 Å². The summed E-state index contributed by atoms with van der Waals surface area (Å²) in [6.07, 6.45) is -0.359. The average Bonchev–Trinajstić information content (AvgIpc) is 2.39. The third-order valence-electron chi connectivity index (χ3n) is 3.79. The van der Waals surface area contributed by atoms with Gasteiger partial charge in [-0.2, -0.15) is 13.2 Å². The predicted molar refractivity (Wildman–Crippen MR) is 76.3 cm³/mol. The Labute approximate surface area is 122 Å². The number of anilines is 2. The topological polar surface area (TPSA) is 49.8 Å². The zero-order valence-corrected chi connectivity index (χ0v) is 12.3. The maximum Gasteiger partial charge on any atom is 0.451 e. The molecule has 0 atom stereocenters. The second-order valence-electron chi connectivity index (χ2n) is 5.90. The van der Waals surface area contributed by atoms with Crippen LogP contribution in [0.5, 0.6) is 0 Å². The first-order valence-electron chi connectivity index (χ1n) is 7.26. The first-order chi connectivity index (χ1) is 9.82. The molecule has 1 aromatic rings. The Balaban J connectivity index is 2.14. The zero-order valence-electron chi connectivity index (χ0n) is 12.3. The Morgan fingerprint density at radius 1 is 1.19 bits per heavy atom. The summed E-state index contributed by atoms with van der Waals surface area (Å²) in [6.45, 7) is 5.28. The van der Waals surface area contributed by atoms with Gasteiger partial charge in [0, 0.05) is 19.2 Å². The molecular formula is C14H21F3N4. The summed E-state index contributed by atoms with van der Waals surface area (Å²) in [6, 6.07) is 1.53. The van der Waals surface area contributed by atoms with E-state index >= 15 is 0 Å². The molecule has 1 saturated carbocycles. The maximum atomic E-state index is 12.8. The summed E-state index contributed by atoms with van der Waals surface area (Å²) < 4.78 is 38.5. The van der Waals surface area contributed by atoms with E-state index in [2.05, 4.69) is 27.5 Å². The Morgan fingerprint density at radius 2 is 1.81 bits per heavy atom. The number of nitrogens with zero attached hydrogens (tertiary/aromatic N) is 2. The Kier molecular flexibility index (Phi) is 4.58. The highest BCUT2D eigenvalue weighted by molar-refractivity contribution is 5.48. The van der Waals surface area contributed by atoms with Crippen molar-refractivity contribution in [2.45, 2.75) is 45.7 Å². The summed E-state index contributed by atoms with van der Waals surface area (Å²) >= 11 is 0. The largest absolute Gasteiger partial charge is 0.451 e. The van der Waals surface area contributed by atoms with Gasteiger partial charge in [0.25, 0.3) is 0 Å². The standard InChI is InChI=1S/C14H21F3N4/c1-3-7-18-10-8-11(19-9-13(2)5-4-6-13)21-12(20-10)14(15,16)17/h8H,3-7,9H2,1-2H3,(H2,18,19,20,21). The molecule has 1 heterocycles. The molecule has 4 nitrogen and oxygen atoms in total. The molecule has 0 saturated heterocycles. The zero-order chi connectivity index (χ0) is 15.5. The average molecular weight is 302 g/mol. The van der Waals surface area contributed by atoms with E-state index in [1.807, 2.05) is 6.92 Å². The van der Waals surface area contributed by atoms with E-state index in [1.165, 1.54) is 12.5 Å². The van der Waals surface area contributed by atoms with Crippen molar-refractivity contribution in [3.63, 3.8) is 0 Å². The second-order valence-corrected chi connectivity index (χ2v) is 5.90. The van der Waals surface area contributed by atoms with Gasteiger partial charge >= 0.3 is 6.18 Å². The van der Waals surface area contributed by atoms with Gasteiger partial charge in [-0.25, -0.2) is 9.97 Å². The van der Waals surface area contributed by atoms with Crippen LogP contribution in [0, 0.1) is 5.41 Å². The molecule has 118 valence electrons. The van der Waals surface area contributed by atoms with E-state index in [1.54, 1.807) is 0 Å². The number of nitrogens with one attached hydrogen (secondary N) is 2. The predicted octanol–water partition coefficient (Wildman–Crippen LogP) is 3.92.